The molecule has 0 bridgehead atoms. The summed E-state index contributed by atoms with van der Waals surface area (Å²) in [6.45, 7) is 2.81. The maximum absolute atomic E-state index is 11.9. The lowest BCUT2D eigenvalue weighted by atomic mass is 10.1. The lowest BCUT2D eigenvalue weighted by molar-refractivity contribution is 0.0526. The van der Waals surface area contributed by atoms with Gasteiger partial charge in [-0.1, -0.05) is 54.1 Å². The summed E-state index contributed by atoms with van der Waals surface area (Å²) < 4.78 is 7.05. The third kappa shape index (κ3) is 3.64. The van der Waals surface area contributed by atoms with Gasteiger partial charge in [-0.3, -0.25) is 4.68 Å². The van der Waals surface area contributed by atoms with Crippen LogP contribution < -0.4 is 0 Å². The van der Waals surface area contributed by atoms with Gasteiger partial charge < -0.3 is 4.74 Å². The summed E-state index contributed by atoms with van der Waals surface area (Å²) in [5.74, 6) is -0.313. The van der Waals surface area contributed by atoms with E-state index < -0.39 is 0 Å². The van der Waals surface area contributed by atoms with E-state index in [1.54, 1.807) is 19.1 Å². The van der Waals surface area contributed by atoms with Crippen LogP contribution in [0.4, 0.5) is 0 Å². The number of hydrogen-bond acceptors (Lipinski definition) is 3. The van der Waals surface area contributed by atoms with Gasteiger partial charge in [0.2, 0.25) is 0 Å². The van der Waals surface area contributed by atoms with Crippen molar-refractivity contribution in [1.82, 2.24) is 9.78 Å². The highest BCUT2D eigenvalue weighted by Crippen LogP contribution is 2.29. The van der Waals surface area contributed by atoms with E-state index in [2.05, 4.69) is 12.1 Å². The molecular formula is C23H19ClN2O2. The van der Waals surface area contributed by atoms with Crippen molar-refractivity contribution >= 4 is 28.5 Å². The summed E-state index contributed by atoms with van der Waals surface area (Å²) >= 11 is 5.99. The van der Waals surface area contributed by atoms with Gasteiger partial charge in [-0.25, -0.2) is 4.79 Å². The van der Waals surface area contributed by atoms with E-state index in [1.807, 2.05) is 53.2 Å². The molecule has 4 rings (SSSR count). The van der Waals surface area contributed by atoms with Gasteiger partial charge in [-0.15, -0.1) is 0 Å². The molecule has 4 nitrogen and oxygen atoms in total. The van der Waals surface area contributed by atoms with Crippen molar-refractivity contribution in [2.24, 2.45) is 0 Å². The van der Waals surface area contributed by atoms with Gasteiger partial charge in [-0.05, 0) is 42.8 Å². The second kappa shape index (κ2) is 7.87. The predicted molar refractivity (Wildman–Crippen MR) is 112 cm³/mol. The molecule has 0 unspecified atom stereocenters. The maximum Gasteiger partial charge on any atom is 0.338 e. The van der Waals surface area contributed by atoms with Gasteiger partial charge in [0.25, 0.3) is 0 Å². The number of aromatic nitrogens is 2. The Bertz CT molecular complexity index is 1120. The zero-order valence-electron chi connectivity index (χ0n) is 15.4. The van der Waals surface area contributed by atoms with Crippen LogP contribution in [0.3, 0.4) is 0 Å². The van der Waals surface area contributed by atoms with Crippen LogP contribution in [0.25, 0.3) is 22.2 Å². The molecule has 0 saturated carbocycles. The molecule has 1 heterocycles. The number of esters is 1. The highest BCUT2D eigenvalue weighted by atomic mass is 35.5. The van der Waals surface area contributed by atoms with Crippen molar-refractivity contribution in [2.75, 3.05) is 6.61 Å². The molecule has 0 N–H and O–H groups in total. The Morgan fingerprint density at radius 1 is 1.00 bits per heavy atom. The van der Waals surface area contributed by atoms with Gasteiger partial charge in [0, 0.05) is 16.0 Å². The Hall–Kier alpha value is -3.11. The maximum atomic E-state index is 11.9. The summed E-state index contributed by atoms with van der Waals surface area (Å²) in [7, 11) is 0. The first-order valence-electron chi connectivity index (χ1n) is 9.13. The lowest BCUT2D eigenvalue weighted by Gasteiger charge is -2.04. The van der Waals surface area contributed by atoms with Crippen LogP contribution >= 0.6 is 11.6 Å². The molecule has 0 atom stereocenters. The molecule has 3 aromatic carbocycles. The molecule has 0 aliphatic carbocycles. The fourth-order valence-electron chi connectivity index (χ4n) is 3.20. The number of rotatable bonds is 5. The number of ether oxygens (including phenoxy) is 1. The number of fused-ring (bicyclic) bond motifs is 1. The molecule has 0 amide bonds. The smallest absolute Gasteiger partial charge is 0.338 e. The number of nitrogens with zero attached hydrogens (tertiary/aromatic N) is 2. The number of hydrogen-bond donors (Lipinski definition) is 0. The van der Waals surface area contributed by atoms with Crippen molar-refractivity contribution < 1.29 is 9.53 Å². The number of benzene rings is 3. The van der Waals surface area contributed by atoms with E-state index in [1.165, 1.54) is 0 Å². The van der Waals surface area contributed by atoms with Crippen molar-refractivity contribution in [3.8, 4) is 11.3 Å². The summed E-state index contributed by atoms with van der Waals surface area (Å²) in [5, 5.41) is 6.64. The normalized spacial score (nSPS) is 10.9. The van der Waals surface area contributed by atoms with E-state index in [0.29, 0.717) is 18.7 Å². The first kappa shape index (κ1) is 18.3. The van der Waals surface area contributed by atoms with Crippen LogP contribution in [-0.4, -0.2) is 22.4 Å². The lowest BCUT2D eigenvalue weighted by Crippen LogP contribution is -2.04. The number of carbonyl (C=O) groups excluding carboxylic acids is 1. The third-order valence-corrected chi connectivity index (χ3v) is 4.83. The average Bonchev–Trinajstić information content (AvgIpc) is 3.09. The third-order valence-electron chi connectivity index (χ3n) is 4.57. The SMILES string of the molecule is CCOC(=O)c1ccc(-c2nn(Cc3ccc(Cl)cc3)c3ccccc23)cc1. The van der Waals surface area contributed by atoms with Gasteiger partial charge >= 0.3 is 5.97 Å². The standard InChI is InChI=1S/C23H19ClN2O2/c1-2-28-23(27)18-11-9-17(10-12-18)22-20-5-3-4-6-21(20)26(25-22)15-16-7-13-19(24)14-8-16/h3-14H,2,15H2,1H3. The molecule has 4 aromatic rings. The Labute approximate surface area is 168 Å². The predicted octanol–water partition coefficient (Wildman–Crippen LogP) is 5.58. The Morgan fingerprint density at radius 3 is 2.43 bits per heavy atom. The minimum absolute atomic E-state index is 0.313. The van der Waals surface area contributed by atoms with Crippen LogP contribution in [0, 0.1) is 0 Å². The van der Waals surface area contributed by atoms with Gasteiger partial charge in [0.15, 0.2) is 0 Å². The van der Waals surface area contributed by atoms with Crippen LogP contribution in [0.5, 0.6) is 0 Å². The van der Waals surface area contributed by atoms with Crippen molar-refractivity contribution in [3.63, 3.8) is 0 Å². The minimum atomic E-state index is -0.313. The van der Waals surface area contributed by atoms with E-state index in [4.69, 9.17) is 21.4 Å². The van der Waals surface area contributed by atoms with E-state index in [9.17, 15) is 4.79 Å². The fourth-order valence-corrected chi connectivity index (χ4v) is 3.33. The molecule has 0 radical (unpaired) electrons. The molecule has 1 aromatic heterocycles. The van der Waals surface area contributed by atoms with Crippen LogP contribution in [0.2, 0.25) is 5.02 Å². The summed E-state index contributed by atoms with van der Waals surface area (Å²) in [5.41, 5.74) is 4.57. The molecule has 0 saturated heterocycles. The molecule has 0 aliphatic heterocycles. The van der Waals surface area contributed by atoms with Gasteiger partial charge in [0.05, 0.1) is 24.2 Å². The molecule has 28 heavy (non-hydrogen) atoms. The largest absolute Gasteiger partial charge is 0.462 e. The molecule has 0 spiro atoms. The minimum Gasteiger partial charge on any atom is -0.462 e. The highest BCUT2D eigenvalue weighted by Gasteiger charge is 2.13. The van der Waals surface area contributed by atoms with Gasteiger partial charge in [-0.2, -0.15) is 5.10 Å². The Kier molecular flexibility index (Phi) is 5.13. The first-order chi connectivity index (χ1) is 13.7. The van der Waals surface area contributed by atoms with Crippen molar-refractivity contribution in [3.05, 3.63) is 88.9 Å². The summed E-state index contributed by atoms with van der Waals surface area (Å²) in [4.78, 5) is 11.9. The zero-order chi connectivity index (χ0) is 19.5. The van der Waals surface area contributed by atoms with Crippen molar-refractivity contribution in [2.45, 2.75) is 13.5 Å². The molecule has 0 aliphatic rings. The Morgan fingerprint density at radius 2 is 1.71 bits per heavy atom. The van der Waals surface area contributed by atoms with Gasteiger partial charge in [0.1, 0.15) is 5.69 Å². The quantitative estimate of drug-likeness (QED) is 0.418. The van der Waals surface area contributed by atoms with Crippen LogP contribution in [0.15, 0.2) is 72.8 Å². The summed E-state index contributed by atoms with van der Waals surface area (Å²) in [6.07, 6.45) is 0. The molecule has 0 fully saturated rings. The summed E-state index contributed by atoms with van der Waals surface area (Å²) in [6, 6.07) is 23.3. The fraction of sp³-hybridized carbons (Fsp3) is 0.130. The van der Waals surface area contributed by atoms with Crippen molar-refractivity contribution in [1.29, 1.82) is 0 Å². The number of para-hydroxylation sites is 1. The zero-order valence-corrected chi connectivity index (χ0v) is 16.2. The number of carbonyl (C=O) groups is 1. The highest BCUT2D eigenvalue weighted by molar-refractivity contribution is 6.30. The van der Waals surface area contributed by atoms with E-state index >= 15 is 0 Å². The second-order valence-electron chi connectivity index (χ2n) is 6.45. The number of halogens is 1. The van der Waals surface area contributed by atoms with E-state index in [0.717, 1.165) is 32.7 Å². The monoisotopic (exact) mass is 390 g/mol. The molecule has 5 heteroatoms. The topological polar surface area (TPSA) is 44.1 Å². The molecule has 140 valence electrons. The first-order valence-corrected chi connectivity index (χ1v) is 9.51. The van der Waals surface area contributed by atoms with Crippen LogP contribution in [-0.2, 0) is 11.3 Å². The Balaban J connectivity index is 1.71. The molecular weight excluding hydrogens is 372 g/mol. The van der Waals surface area contributed by atoms with Crippen LogP contribution in [0.1, 0.15) is 22.8 Å². The van der Waals surface area contributed by atoms with E-state index in [-0.39, 0.29) is 5.97 Å². The second-order valence-corrected chi connectivity index (χ2v) is 6.88. The average molecular weight is 391 g/mol.